The number of hydrogen-bond donors (Lipinski definition) is 1. The zero-order valence-corrected chi connectivity index (χ0v) is 10.3. The van der Waals surface area contributed by atoms with Gasteiger partial charge in [-0.1, -0.05) is 34.1 Å². The Hall–Kier alpha value is -1.13. The van der Waals surface area contributed by atoms with Crippen molar-refractivity contribution in [3.63, 3.8) is 0 Å². The summed E-state index contributed by atoms with van der Waals surface area (Å²) in [4.78, 5) is 4.26. The summed E-state index contributed by atoms with van der Waals surface area (Å²) in [7, 11) is 0. The number of imidazole rings is 1. The number of rotatable bonds is 2. The van der Waals surface area contributed by atoms with Crippen LogP contribution in [-0.4, -0.2) is 22.6 Å². The summed E-state index contributed by atoms with van der Waals surface area (Å²) >= 11 is 3.58. The van der Waals surface area contributed by atoms with Gasteiger partial charge in [-0.3, -0.25) is 0 Å². The van der Waals surface area contributed by atoms with Crippen molar-refractivity contribution in [2.45, 2.75) is 6.04 Å². The molecule has 1 aliphatic rings. The number of nitrogens with one attached hydrogen (secondary N) is 1. The molecule has 1 N–H and O–H groups in total. The predicted molar refractivity (Wildman–Crippen MR) is 67.3 cm³/mol. The van der Waals surface area contributed by atoms with Gasteiger partial charge in [0, 0.05) is 23.1 Å². The normalized spacial score (nSPS) is 16.1. The molecule has 0 unspecified atom stereocenters. The third kappa shape index (κ3) is 1.58. The van der Waals surface area contributed by atoms with Crippen LogP contribution in [0, 0.1) is 0 Å². The van der Waals surface area contributed by atoms with Crippen LogP contribution < -0.4 is 5.32 Å². The van der Waals surface area contributed by atoms with Gasteiger partial charge in [-0.2, -0.15) is 0 Å². The Balaban J connectivity index is 2.06. The Bertz CT molecular complexity index is 502. The maximum Gasteiger partial charge on any atom is 0.0954 e. The fourth-order valence-electron chi connectivity index (χ4n) is 1.94. The summed E-state index contributed by atoms with van der Waals surface area (Å²) in [5.41, 5.74) is 2.38. The van der Waals surface area contributed by atoms with E-state index in [0.29, 0.717) is 6.04 Å². The third-order valence-electron chi connectivity index (χ3n) is 2.97. The maximum atomic E-state index is 4.26. The van der Waals surface area contributed by atoms with Gasteiger partial charge in [0.05, 0.1) is 24.3 Å². The largest absolute Gasteiger partial charge is 0.325 e. The first-order valence-electron chi connectivity index (χ1n) is 5.34. The van der Waals surface area contributed by atoms with Crippen LogP contribution in [0.25, 0.3) is 11.3 Å². The Morgan fingerprint density at radius 3 is 2.81 bits per heavy atom. The van der Waals surface area contributed by atoms with Crippen LogP contribution in [0.15, 0.2) is 41.3 Å². The van der Waals surface area contributed by atoms with E-state index in [9.17, 15) is 0 Å². The molecule has 0 aliphatic carbocycles. The zero-order chi connectivity index (χ0) is 11.0. The molecule has 0 bridgehead atoms. The highest BCUT2D eigenvalue weighted by atomic mass is 79.9. The second kappa shape index (κ2) is 4.03. The second-order valence-corrected chi connectivity index (χ2v) is 4.83. The molecule has 1 aliphatic heterocycles. The molecule has 0 saturated carbocycles. The highest BCUT2D eigenvalue weighted by Gasteiger charge is 2.21. The lowest BCUT2D eigenvalue weighted by atomic mass is 10.1. The zero-order valence-electron chi connectivity index (χ0n) is 8.73. The molecule has 2 aromatic rings. The van der Waals surface area contributed by atoms with E-state index in [2.05, 4.69) is 49.0 Å². The molecule has 0 atom stereocenters. The van der Waals surface area contributed by atoms with E-state index in [1.165, 1.54) is 11.3 Å². The van der Waals surface area contributed by atoms with Crippen molar-refractivity contribution in [1.29, 1.82) is 0 Å². The van der Waals surface area contributed by atoms with E-state index in [-0.39, 0.29) is 0 Å². The minimum atomic E-state index is 0.546. The second-order valence-electron chi connectivity index (χ2n) is 3.98. The molecule has 1 aromatic carbocycles. The van der Waals surface area contributed by atoms with Crippen molar-refractivity contribution in [3.05, 3.63) is 41.3 Å². The Kier molecular flexibility index (Phi) is 2.53. The molecule has 0 spiro atoms. The molecule has 3 rings (SSSR count). The van der Waals surface area contributed by atoms with Crippen LogP contribution >= 0.6 is 15.9 Å². The van der Waals surface area contributed by atoms with Crippen LogP contribution in [0.2, 0.25) is 0 Å². The van der Waals surface area contributed by atoms with Gasteiger partial charge in [-0.05, 0) is 6.07 Å². The minimum Gasteiger partial charge on any atom is -0.325 e. The first kappa shape index (κ1) is 10.1. The molecule has 1 aromatic heterocycles. The van der Waals surface area contributed by atoms with Crippen LogP contribution in [0.4, 0.5) is 0 Å². The van der Waals surface area contributed by atoms with Gasteiger partial charge in [0.25, 0.3) is 0 Å². The summed E-state index contributed by atoms with van der Waals surface area (Å²) in [6.45, 7) is 2.07. The fourth-order valence-corrected chi connectivity index (χ4v) is 2.43. The van der Waals surface area contributed by atoms with Gasteiger partial charge >= 0.3 is 0 Å². The van der Waals surface area contributed by atoms with Crippen LogP contribution in [0.3, 0.4) is 0 Å². The van der Waals surface area contributed by atoms with Crippen molar-refractivity contribution in [3.8, 4) is 11.3 Å². The standard InChI is InChI=1S/C12H12BrN3/c13-11-4-2-1-3-10(11)12-7-15-8-16(12)9-5-14-6-9/h1-4,7-9,14H,5-6H2. The number of benzene rings is 1. The van der Waals surface area contributed by atoms with Gasteiger partial charge < -0.3 is 9.88 Å². The first-order chi connectivity index (χ1) is 7.86. The van der Waals surface area contributed by atoms with Crippen molar-refractivity contribution in [1.82, 2.24) is 14.9 Å². The van der Waals surface area contributed by atoms with E-state index >= 15 is 0 Å². The van der Waals surface area contributed by atoms with E-state index in [1.807, 2.05) is 18.6 Å². The smallest absolute Gasteiger partial charge is 0.0954 e. The minimum absolute atomic E-state index is 0.546. The van der Waals surface area contributed by atoms with E-state index in [4.69, 9.17) is 0 Å². The summed E-state index contributed by atoms with van der Waals surface area (Å²) < 4.78 is 3.36. The first-order valence-corrected chi connectivity index (χ1v) is 6.13. The summed E-state index contributed by atoms with van der Waals surface area (Å²) in [5, 5.41) is 3.28. The van der Waals surface area contributed by atoms with Gasteiger partial charge in [0.15, 0.2) is 0 Å². The average molecular weight is 278 g/mol. The number of aromatic nitrogens is 2. The molecule has 82 valence electrons. The highest BCUT2D eigenvalue weighted by molar-refractivity contribution is 9.10. The van der Waals surface area contributed by atoms with Crippen molar-refractivity contribution < 1.29 is 0 Å². The quantitative estimate of drug-likeness (QED) is 0.914. The van der Waals surface area contributed by atoms with Gasteiger partial charge in [0.1, 0.15) is 0 Å². The highest BCUT2D eigenvalue weighted by Crippen LogP contribution is 2.30. The summed E-state index contributed by atoms with van der Waals surface area (Å²) in [5.74, 6) is 0. The van der Waals surface area contributed by atoms with Gasteiger partial charge in [-0.25, -0.2) is 4.98 Å². The monoisotopic (exact) mass is 277 g/mol. The third-order valence-corrected chi connectivity index (χ3v) is 3.66. The van der Waals surface area contributed by atoms with Crippen molar-refractivity contribution in [2.75, 3.05) is 13.1 Å². The lowest BCUT2D eigenvalue weighted by Gasteiger charge is -2.30. The molecule has 0 radical (unpaired) electrons. The summed E-state index contributed by atoms with van der Waals surface area (Å²) in [6.07, 6.45) is 3.85. The predicted octanol–water partition coefficient (Wildman–Crippen LogP) is 2.46. The SMILES string of the molecule is Brc1ccccc1-c1cncn1C1CNC1. The Morgan fingerprint density at radius 1 is 1.31 bits per heavy atom. The van der Waals surface area contributed by atoms with E-state index < -0.39 is 0 Å². The van der Waals surface area contributed by atoms with E-state index in [0.717, 1.165) is 17.6 Å². The molecule has 2 heterocycles. The Labute approximate surface area is 103 Å². The lowest BCUT2D eigenvalue weighted by Crippen LogP contribution is -2.43. The van der Waals surface area contributed by atoms with Crippen molar-refractivity contribution in [2.24, 2.45) is 0 Å². The van der Waals surface area contributed by atoms with E-state index in [1.54, 1.807) is 0 Å². The Morgan fingerprint density at radius 2 is 2.12 bits per heavy atom. The molecule has 1 fully saturated rings. The van der Waals surface area contributed by atoms with Gasteiger partial charge in [-0.15, -0.1) is 0 Å². The molecule has 3 nitrogen and oxygen atoms in total. The molecule has 16 heavy (non-hydrogen) atoms. The van der Waals surface area contributed by atoms with Crippen LogP contribution in [0.1, 0.15) is 6.04 Å². The van der Waals surface area contributed by atoms with Crippen LogP contribution in [-0.2, 0) is 0 Å². The molecular formula is C12H12BrN3. The van der Waals surface area contributed by atoms with Gasteiger partial charge in [0.2, 0.25) is 0 Å². The number of halogens is 1. The lowest BCUT2D eigenvalue weighted by molar-refractivity contribution is 0.346. The maximum absolute atomic E-state index is 4.26. The molecule has 4 heteroatoms. The average Bonchev–Trinajstić information content (AvgIpc) is 2.65. The topological polar surface area (TPSA) is 29.9 Å². The van der Waals surface area contributed by atoms with Crippen LogP contribution in [0.5, 0.6) is 0 Å². The fraction of sp³-hybridized carbons (Fsp3) is 0.250. The molecule has 0 amide bonds. The number of hydrogen-bond acceptors (Lipinski definition) is 2. The van der Waals surface area contributed by atoms with Crippen molar-refractivity contribution >= 4 is 15.9 Å². The molecular weight excluding hydrogens is 266 g/mol. The molecule has 1 saturated heterocycles. The summed E-state index contributed by atoms with van der Waals surface area (Å²) in [6, 6.07) is 8.80. The number of nitrogens with zero attached hydrogens (tertiary/aromatic N) is 2.